The predicted octanol–water partition coefficient (Wildman–Crippen LogP) is 5.34. The van der Waals surface area contributed by atoms with E-state index in [1.54, 1.807) is 0 Å². The number of ketones is 1. The number of carbonyl (C=O) groups excluding carboxylic acids is 2. The minimum atomic E-state index is -3.94. The first-order valence-electron chi connectivity index (χ1n) is 10.4. The molecule has 0 bridgehead atoms. The molecule has 0 spiro atoms. The fraction of sp³-hybridized carbons (Fsp3) is 0.905. The van der Waals surface area contributed by atoms with Gasteiger partial charge in [0.15, 0.2) is 0 Å². The Morgan fingerprint density at radius 3 is 2.56 bits per heavy atom. The van der Waals surface area contributed by atoms with E-state index < -0.39 is 17.5 Å². The van der Waals surface area contributed by atoms with Crippen LogP contribution in [0.3, 0.4) is 0 Å². The zero-order valence-electron chi connectivity index (χ0n) is 16.1. The first-order chi connectivity index (χ1) is 12.6. The van der Waals surface area contributed by atoms with Crippen molar-refractivity contribution in [3.63, 3.8) is 0 Å². The molecular formula is C21H29ClF2O3. The molecule has 0 N–H and O–H groups in total. The fourth-order valence-corrected chi connectivity index (χ4v) is 7.36. The molecule has 4 aliphatic carbocycles. The number of esters is 1. The summed E-state index contributed by atoms with van der Waals surface area (Å²) in [5.74, 6) is 0.914. The number of ether oxygens (including phenoxy) is 1. The van der Waals surface area contributed by atoms with Gasteiger partial charge < -0.3 is 4.74 Å². The van der Waals surface area contributed by atoms with Crippen molar-refractivity contribution >= 4 is 23.4 Å². The molecule has 4 aliphatic rings. The summed E-state index contributed by atoms with van der Waals surface area (Å²) in [5.41, 5.74) is 0.0330. The van der Waals surface area contributed by atoms with Crippen LogP contribution in [0.2, 0.25) is 0 Å². The Hall–Kier alpha value is -0.710. The van der Waals surface area contributed by atoms with Gasteiger partial charge in [0.2, 0.25) is 0 Å². The normalized spacial score (nSPS) is 47.0. The van der Waals surface area contributed by atoms with Crippen LogP contribution in [0.5, 0.6) is 0 Å². The molecule has 0 aromatic heterocycles. The highest BCUT2D eigenvalue weighted by Crippen LogP contribution is 2.65. The molecule has 0 saturated heterocycles. The molecule has 0 radical (unpaired) electrons. The summed E-state index contributed by atoms with van der Waals surface area (Å²) in [4.78, 5) is 23.9. The quantitative estimate of drug-likeness (QED) is 0.462. The van der Waals surface area contributed by atoms with Gasteiger partial charge in [-0.2, -0.15) is 8.78 Å². The van der Waals surface area contributed by atoms with Crippen molar-refractivity contribution in [2.45, 2.75) is 83.1 Å². The van der Waals surface area contributed by atoms with E-state index in [2.05, 4.69) is 13.8 Å². The number of halogens is 3. The van der Waals surface area contributed by atoms with E-state index in [0.29, 0.717) is 42.3 Å². The van der Waals surface area contributed by atoms with Crippen molar-refractivity contribution in [2.24, 2.45) is 34.5 Å². The average Bonchev–Trinajstić information content (AvgIpc) is 2.89. The Morgan fingerprint density at radius 2 is 1.85 bits per heavy atom. The lowest BCUT2D eigenvalue weighted by molar-refractivity contribution is -0.176. The minimum absolute atomic E-state index is 0.122. The minimum Gasteiger partial charge on any atom is -0.457 e. The van der Waals surface area contributed by atoms with Crippen molar-refractivity contribution < 1.29 is 23.1 Å². The van der Waals surface area contributed by atoms with Gasteiger partial charge >= 0.3 is 11.4 Å². The van der Waals surface area contributed by atoms with E-state index in [9.17, 15) is 18.4 Å². The van der Waals surface area contributed by atoms with E-state index in [0.717, 1.165) is 44.9 Å². The molecule has 7 unspecified atom stereocenters. The third-order valence-electron chi connectivity index (χ3n) is 8.83. The van der Waals surface area contributed by atoms with Gasteiger partial charge in [0.25, 0.3) is 0 Å². The van der Waals surface area contributed by atoms with E-state index in [1.807, 2.05) is 0 Å². The van der Waals surface area contributed by atoms with Gasteiger partial charge in [-0.15, -0.1) is 0 Å². The lowest BCUT2D eigenvalue weighted by Crippen LogP contribution is -2.54. The maximum Gasteiger partial charge on any atom is 0.417 e. The molecule has 0 heterocycles. The van der Waals surface area contributed by atoms with Gasteiger partial charge in [-0.3, -0.25) is 4.79 Å². The van der Waals surface area contributed by atoms with Crippen molar-refractivity contribution in [1.82, 2.24) is 0 Å². The van der Waals surface area contributed by atoms with Crippen molar-refractivity contribution in [1.29, 1.82) is 0 Å². The first-order valence-corrected chi connectivity index (χ1v) is 10.7. The molecule has 4 saturated carbocycles. The third kappa shape index (κ3) is 3.03. The molecule has 4 fully saturated rings. The molecular weight excluding hydrogens is 374 g/mol. The molecule has 0 aromatic carbocycles. The Kier molecular flexibility index (Phi) is 4.64. The van der Waals surface area contributed by atoms with E-state index in [4.69, 9.17) is 16.3 Å². The number of carbonyl (C=O) groups is 2. The second-order valence-corrected chi connectivity index (χ2v) is 10.3. The molecule has 3 nitrogen and oxygen atoms in total. The molecule has 7 atom stereocenters. The number of Topliss-reactive ketones (excluding diaryl/α,β-unsaturated/α-hetero) is 1. The van der Waals surface area contributed by atoms with Gasteiger partial charge in [0.1, 0.15) is 11.9 Å². The second kappa shape index (κ2) is 6.40. The summed E-state index contributed by atoms with van der Waals surface area (Å²) in [6.07, 6.45) is 7.67. The lowest BCUT2D eigenvalue weighted by Gasteiger charge is -2.60. The SMILES string of the molecule is CC12CCC3C(CCC4CC(OC(=O)C(F)(F)Cl)CCC43C)C1CCC2=O. The van der Waals surface area contributed by atoms with Crippen molar-refractivity contribution in [2.75, 3.05) is 0 Å². The lowest BCUT2D eigenvalue weighted by atomic mass is 9.45. The molecule has 0 aromatic rings. The molecule has 27 heavy (non-hydrogen) atoms. The van der Waals surface area contributed by atoms with Crippen LogP contribution in [0.15, 0.2) is 0 Å². The fourth-order valence-electron chi connectivity index (χ4n) is 7.31. The highest BCUT2D eigenvalue weighted by Gasteiger charge is 2.60. The summed E-state index contributed by atoms with van der Waals surface area (Å²) in [7, 11) is 0. The van der Waals surface area contributed by atoms with Crippen LogP contribution < -0.4 is 0 Å². The van der Waals surface area contributed by atoms with Crippen LogP contribution in [-0.2, 0) is 14.3 Å². The Balaban J connectivity index is 1.48. The Morgan fingerprint density at radius 1 is 1.11 bits per heavy atom. The second-order valence-electron chi connectivity index (χ2n) is 9.87. The van der Waals surface area contributed by atoms with E-state index >= 15 is 0 Å². The molecule has 0 amide bonds. The van der Waals surface area contributed by atoms with Gasteiger partial charge in [-0.25, -0.2) is 4.79 Å². The first kappa shape index (κ1) is 19.6. The van der Waals surface area contributed by atoms with Gasteiger partial charge in [0, 0.05) is 11.8 Å². The van der Waals surface area contributed by atoms with Crippen LogP contribution in [0.1, 0.15) is 71.6 Å². The Bertz CT molecular complexity index is 648. The van der Waals surface area contributed by atoms with E-state index in [-0.39, 0.29) is 10.8 Å². The van der Waals surface area contributed by atoms with Crippen molar-refractivity contribution in [3.8, 4) is 0 Å². The van der Waals surface area contributed by atoms with Crippen LogP contribution >= 0.6 is 11.6 Å². The maximum absolute atomic E-state index is 13.0. The monoisotopic (exact) mass is 402 g/mol. The number of alkyl halides is 3. The number of hydrogen-bond acceptors (Lipinski definition) is 3. The van der Waals surface area contributed by atoms with Crippen LogP contribution in [0.25, 0.3) is 0 Å². The van der Waals surface area contributed by atoms with Crippen LogP contribution in [-0.4, -0.2) is 23.2 Å². The topological polar surface area (TPSA) is 43.4 Å². The molecule has 6 heteroatoms. The zero-order chi connectivity index (χ0) is 19.6. The third-order valence-corrected chi connectivity index (χ3v) is 8.99. The van der Waals surface area contributed by atoms with Crippen LogP contribution in [0.4, 0.5) is 8.78 Å². The number of fused-ring (bicyclic) bond motifs is 5. The summed E-state index contributed by atoms with van der Waals surface area (Å²) in [6, 6.07) is 0. The van der Waals surface area contributed by atoms with Gasteiger partial charge in [-0.1, -0.05) is 13.8 Å². The Labute approximate surface area is 164 Å². The average molecular weight is 403 g/mol. The smallest absolute Gasteiger partial charge is 0.417 e. The summed E-state index contributed by atoms with van der Waals surface area (Å²) >= 11 is 4.80. The van der Waals surface area contributed by atoms with Crippen molar-refractivity contribution in [3.05, 3.63) is 0 Å². The molecule has 152 valence electrons. The summed E-state index contributed by atoms with van der Waals surface area (Å²) in [6.45, 7) is 4.53. The number of hydrogen-bond donors (Lipinski definition) is 0. The molecule has 4 rings (SSSR count). The largest absolute Gasteiger partial charge is 0.457 e. The standard InChI is InChI=1S/C21H29ClF2O3/c1-19-9-7-13(27-18(26)21(22,23)24)11-12(19)3-4-14-15-5-6-17(25)20(15,2)10-8-16(14)19/h12-16H,3-11H2,1-2H3. The maximum atomic E-state index is 13.0. The summed E-state index contributed by atoms with van der Waals surface area (Å²) < 4.78 is 30.9. The van der Waals surface area contributed by atoms with Gasteiger partial charge in [0.05, 0.1) is 0 Å². The molecule has 0 aliphatic heterocycles. The zero-order valence-corrected chi connectivity index (χ0v) is 16.9. The summed E-state index contributed by atoms with van der Waals surface area (Å²) in [5, 5.41) is -3.94. The highest BCUT2D eigenvalue weighted by atomic mass is 35.5. The highest BCUT2D eigenvalue weighted by molar-refractivity contribution is 6.31. The van der Waals surface area contributed by atoms with Gasteiger partial charge in [-0.05, 0) is 92.1 Å². The number of rotatable bonds is 2. The van der Waals surface area contributed by atoms with Crippen LogP contribution in [0, 0.1) is 34.5 Å². The predicted molar refractivity (Wildman–Crippen MR) is 97.4 cm³/mol. The van der Waals surface area contributed by atoms with E-state index in [1.165, 1.54) is 0 Å².